The lowest BCUT2D eigenvalue weighted by Crippen LogP contribution is -2.43. The Bertz CT molecular complexity index is 788. The van der Waals surface area contributed by atoms with Crippen molar-refractivity contribution in [1.82, 2.24) is 9.62 Å². The van der Waals surface area contributed by atoms with E-state index in [0.717, 1.165) is 0 Å². The van der Waals surface area contributed by atoms with Crippen molar-refractivity contribution in [3.63, 3.8) is 0 Å². The molecule has 1 saturated heterocycles. The highest BCUT2D eigenvalue weighted by atomic mass is 32.2. The zero-order valence-electron chi connectivity index (χ0n) is 15.6. The van der Waals surface area contributed by atoms with Crippen LogP contribution in [0.3, 0.4) is 0 Å². The fourth-order valence-electron chi connectivity index (χ4n) is 2.85. The average Bonchev–Trinajstić information content (AvgIpc) is 2.65. The van der Waals surface area contributed by atoms with E-state index in [-0.39, 0.29) is 5.92 Å². The standard InChI is InChI=1S/C17H25N3O6S/c1-25-13-4-5-15(26-2)14(10-13)19-17(22)16(21)18-11-12-6-8-20(9-7-12)27(3,23)24/h4-5,10,12H,6-9,11H2,1-3H3,(H,18,21)(H,19,22). The molecule has 0 radical (unpaired) electrons. The maximum Gasteiger partial charge on any atom is 0.313 e. The molecule has 0 spiro atoms. The summed E-state index contributed by atoms with van der Waals surface area (Å²) in [5.41, 5.74) is 0.332. The van der Waals surface area contributed by atoms with Crippen molar-refractivity contribution in [2.24, 2.45) is 5.92 Å². The molecular weight excluding hydrogens is 374 g/mol. The van der Waals surface area contributed by atoms with Crippen LogP contribution in [0.2, 0.25) is 0 Å². The number of nitrogens with one attached hydrogen (secondary N) is 2. The van der Waals surface area contributed by atoms with Gasteiger partial charge in [-0.05, 0) is 30.9 Å². The maximum atomic E-state index is 12.1. The number of anilines is 1. The van der Waals surface area contributed by atoms with Gasteiger partial charge in [0.2, 0.25) is 10.0 Å². The number of rotatable bonds is 6. The first-order valence-corrected chi connectivity index (χ1v) is 10.4. The number of benzene rings is 1. The van der Waals surface area contributed by atoms with Gasteiger partial charge in [0.05, 0.1) is 26.2 Å². The molecule has 2 amide bonds. The van der Waals surface area contributed by atoms with Crippen molar-refractivity contribution in [1.29, 1.82) is 0 Å². The minimum absolute atomic E-state index is 0.131. The number of carbonyl (C=O) groups excluding carboxylic acids is 2. The van der Waals surface area contributed by atoms with Gasteiger partial charge in [-0.2, -0.15) is 0 Å². The number of hydrogen-bond acceptors (Lipinski definition) is 6. The summed E-state index contributed by atoms with van der Waals surface area (Å²) in [6.45, 7) is 1.16. The topological polar surface area (TPSA) is 114 Å². The summed E-state index contributed by atoms with van der Waals surface area (Å²) >= 11 is 0. The smallest absolute Gasteiger partial charge is 0.313 e. The first-order chi connectivity index (χ1) is 12.7. The molecule has 0 bridgehead atoms. The molecule has 1 aliphatic heterocycles. The van der Waals surface area contributed by atoms with Crippen LogP contribution in [0.1, 0.15) is 12.8 Å². The van der Waals surface area contributed by atoms with Crippen LogP contribution in [-0.2, 0) is 19.6 Å². The second-order valence-electron chi connectivity index (χ2n) is 6.34. The molecule has 27 heavy (non-hydrogen) atoms. The number of ether oxygens (including phenoxy) is 2. The molecule has 2 N–H and O–H groups in total. The van der Waals surface area contributed by atoms with E-state index in [4.69, 9.17) is 9.47 Å². The number of methoxy groups -OCH3 is 2. The normalized spacial score (nSPS) is 15.8. The van der Waals surface area contributed by atoms with Gasteiger partial charge in [-0.3, -0.25) is 9.59 Å². The number of amides is 2. The van der Waals surface area contributed by atoms with Crippen LogP contribution >= 0.6 is 0 Å². The molecule has 1 aromatic carbocycles. The Morgan fingerprint density at radius 2 is 1.81 bits per heavy atom. The number of sulfonamides is 1. The maximum absolute atomic E-state index is 12.1. The Kier molecular flexibility index (Phi) is 7.03. The molecule has 0 atom stereocenters. The SMILES string of the molecule is COc1ccc(OC)c(NC(=O)C(=O)NCC2CCN(S(C)(=O)=O)CC2)c1. The van der Waals surface area contributed by atoms with E-state index in [1.807, 2.05) is 0 Å². The molecule has 1 aliphatic rings. The van der Waals surface area contributed by atoms with E-state index >= 15 is 0 Å². The van der Waals surface area contributed by atoms with Gasteiger partial charge < -0.3 is 20.1 Å². The summed E-state index contributed by atoms with van der Waals surface area (Å²) in [4.78, 5) is 24.2. The summed E-state index contributed by atoms with van der Waals surface area (Å²) in [6.07, 6.45) is 2.46. The molecule has 0 saturated carbocycles. The fraction of sp³-hybridized carbons (Fsp3) is 0.529. The number of piperidine rings is 1. The molecule has 150 valence electrons. The van der Waals surface area contributed by atoms with Crippen molar-refractivity contribution in [3.05, 3.63) is 18.2 Å². The summed E-state index contributed by atoms with van der Waals surface area (Å²) in [6, 6.07) is 4.87. The van der Waals surface area contributed by atoms with E-state index in [0.29, 0.717) is 49.7 Å². The molecule has 0 aromatic heterocycles. The van der Waals surface area contributed by atoms with E-state index in [2.05, 4.69) is 10.6 Å². The van der Waals surface area contributed by atoms with Crippen LogP contribution in [0.4, 0.5) is 5.69 Å². The second-order valence-corrected chi connectivity index (χ2v) is 8.32. The van der Waals surface area contributed by atoms with Crippen molar-refractivity contribution in [2.75, 3.05) is 45.4 Å². The third kappa shape index (κ3) is 5.83. The van der Waals surface area contributed by atoms with Gasteiger partial charge in [0, 0.05) is 25.7 Å². The minimum Gasteiger partial charge on any atom is -0.497 e. The number of nitrogens with zero attached hydrogens (tertiary/aromatic N) is 1. The first-order valence-electron chi connectivity index (χ1n) is 8.51. The third-order valence-corrected chi connectivity index (χ3v) is 5.76. The Morgan fingerprint density at radius 1 is 1.15 bits per heavy atom. The lowest BCUT2D eigenvalue weighted by molar-refractivity contribution is -0.136. The largest absolute Gasteiger partial charge is 0.497 e. The third-order valence-electron chi connectivity index (χ3n) is 4.45. The molecule has 1 fully saturated rings. The molecule has 10 heteroatoms. The zero-order chi connectivity index (χ0) is 20.0. The Labute approximate surface area is 159 Å². The molecule has 0 aliphatic carbocycles. The van der Waals surface area contributed by atoms with E-state index in [9.17, 15) is 18.0 Å². The first kappa shape index (κ1) is 21.0. The molecule has 9 nitrogen and oxygen atoms in total. The van der Waals surface area contributed by atoms with Crippen LogP contribution in [0.25, 0.3) is 0 Å². The van der Waals surface area contributed by atoms with Crippen LogP contribution in [0, 0.1) is 5.92 Å². The van der Waals surface area contributed by atoms with Crippen LogP contribution in [0.5, 0.6) is 11.5 Å². The Hall–Kier alpha value is -2.33. The van der Waals surface area contributed by atoms with Gasteiger partial charge in [-0.1, -0.05) is 0 Å². The predicted octanol–water partition coefficient (Wildman–Crippen LogP) is 0.430. The molecular formula is C17H25N3O6S. The van der Waals surface area contributed by atoms with Gasteiger partial charge in [0.15, 0.2) is 0 Å². The highest BCUT2D eigenvalue weighted by Gasteiger charge is 2.26. The highest BCUT2D eigenvalue weighted by Crippen LogP contribution is 2.28. The fourth-order valence-corrected chi connectivity index (χ4v) is 3.73. The van der Waals surface area contributed by atoms with E-state index in [1.165, 1.54) is 24.8 Å². The summed E-state index contributed by atoms with van der Waals surface area (Å²) in [5.74, 6) is -0.513. The van der Waals surface area contributed by atoms with Crippen LogP contribution in [0.15, 0.2) is 18.2 Å². The number of hydrogen-bond donors (Lipinski definition) is 2. The quantitative estimate of drug-likeness (QED) is 0.671. The molecule has 1 aromatic rings. The predicted molar refractivity (Wildman–Crippen MR) is 100 cm³/mol. The second kappa shape index (κ2) is 9.05. The van der Waals surface area contributed by atoms with Crippen molar-refractivity contribution in [3.8, 4) is 11.5 Å². The molecule has 2 rings (SSSR count). The van der Waals surface area contributed by atoms with E-state index < -0.39 is 21.8 Å². The zero-order valence-corrected chi connectivity index (χ0v) is 16.5. The summed E-state index contributed by atoms with van der Waals surface area (Å²) in [7, 11) is -0.227. The monoisotopic (exact) mass is 399 g/mol. The van der Waals surface area contributed by atoms with Crippen LogP contribution < -0.4 is 20.1 Å². The van der Waals surface area contributed by atoms with Gasteiger partial charge >= 0.3 is 11.8 Å². The number of carbonyl (C=O) groups is 2. The van der Waals surface area contributed by atoms with Gasteiger partial charge in [0.25, 0.3) is 0 Å². The summed E-state index contributed by atoms with van der Waals surface area (Å²) < 4.78 is 34.7. The van der Waals surface area contributed by atoms with Gasteiger partial charge in [-0.25, -0.2) is 12.7 Å². The summed E-state index contributed by atoms with van der Waals surface area (Å²) in [5, 5.41) is 5.11. The Balaban J connectivity index is 1.86. The van der Waals surface area contributed by atoms with Crippen LogP contribution in [-0.4, -0.2) is 64.6 Å². The lowest BCUT2D eigenvalue weighted by atomic mass is 9.98. The minimum atomic E-state index is -3.18. The van der Waals surface area contributed by atoms with Crippen molar-refractivity contribution >= 4 is 27.5 Å². The van der Waals surface area contributed by atoms with Gasteiger partial charge in [0.1, 0.15) is 11.5 Å². The van der Waals surface area contributed by atoms with E-state index in [1.54, 1.807) is 18.2 Å². The highest BCUT2D eigenvalue weighted by molar-refractivity contribution is 7.88. The molecule has 0 unspecified atom stereocenters. The average molecular weight is 399 g/mol. The lowest BCUT2D eigenvalue weighted by Gasteiger charge is -2.30. The van der Waals surface area contributed by atoms with Crippen molar-refractivity contribution < 1.29 is 27.5 Å². The van der Waals surface area contributed by atoms with Crippen molar-refractivity contribution in [2.45, 2.75) is 12.8 Å². The van der Waals surface area contributed by atoms with Gasteiger partial charge in [-0.15, -0.1) is 0 Å². The molecule has 1 heterocycles. The Morgan fingerprint density at radius 3 is 2.37 bits per heavy atom.